The van der Waals surface area contributed by atoms with Gasteiger partial charge in [-0.1, -0.05) is 23.2 Å². The van der Waals surface area contributed by atoms with E-state index in [0.717, 1.165) is 16.5 Å². The van der Waals surface area contributed by atoms with Gasteiger partial charge >= 0.3 is 0 Å². The molecule has 0 atom stereocenters. The number of carbonyl (C=O) groups excluding carboxylic acids is 1. The lowest BCUT2D eigenvalue weighted by Crippen LogP contribution is -2.00. The van der Waals surface area contributed by atoms with Crippen molar-refractivity contribution in [2.45, 2.75) is 6.92 Å². The van der Waals surface area contributed by atoms with Crippen molar-refractivity contribution >= 4 is 28.3 Å². The first kappa shape index (κ1) is 12.9. The number of rotatable bonds is 2. The van der Waals surface area contributed by atoms with E-state index in [1.807, 2.05) is 25.1 Å². The van der Waals surface area contributed by atoms with Gasteiger partial charge < -0.3 is 4.98 Å². The first-order valence-corrected chi connectivity index (χ1v) is 6.51. The molecule has 0 fully saturated rings. The van der Waals surface area contributed by atoms with E-state index < -0.39 is 5.82 Å². The van der Waals surface area contributed by atoms with Gasteiger partial charge in [0.25, 0.3) is 0 Å². The maximum Gasteiger partial charge on any atom is 0.195 e. The molecular weight excluding hydrogens is 277 g/mol. The van der Waals surface area contributed by atoms with Crippen molar-refractivity contribution in [1.29, 1.82) is 0 Å². The van der Waals surface area contributed by atoms with Crippen LogP contribution in [0, 0.1) is 12.7 Å². The SMILES string of the molecule is Cc1ccc2[nH]cc(C(=O)c3ccc(F)c(Cl)c3)c2c1. The van der Waals surface area contributed by atoms with Gasteiger partial charge in [-0.25, -0.2) is 4.39 Å². The summed E-state index contributed by atoms with van der Waals surface area (Å²) in [4.78, 5) is 15.6. The number of aromatic amines is 1. The summed E-state index contributed by atoms with van der Waals surface area (Å²) in [6.07, 6.45) is 1.67. The van der Waals surface area contributed by atoms with Gasteiger partial charge in [-0.15, -0.1) is 0 Å². The molecule has 0 saturated carbocycles. The molecule has 1 heterocycles. The minimum Gasteiger partial charge on any atom is -0.360 e. The highest BCUT2D eigenvalue weighted by molar-refractivity contribution is 6.31. The third-order valence-corrected chi connectivity index (χ3v) is 3.55. The van der Waals surface area contributed by atoms with Gasteiger partial charge in [0.1, 0.15) is 5.82 Å². The fourth-order valence-electron chi connectivity index (χ4n) is 2.22. The van der Waals surface area contributed by atoms with E-state index in [1.165, 1.54) is 18.2 Å². The Morgan fingerprint density at radius 1 is 1.20 bits per heavy atom. The van der Waals surface area contributed by atoms with Crippen molar-refractivity contribution < 1.29 is 9.18 Å². The largest absolute Gasteiger partial charge is 0.360 e. The summed E-state index contributed by atoms with van der Waals surface area (Å²) < 4.78 is 13.2. The Labute approximate surface area is 120 Å². The molecule has 0 saturated heterocycles. The summed E-state index contributed by atoms with van der Waals surface area (Å²) in [6, 6.07) is 9.85. The molecule has 0 bridgehead atoms. The van der Waals surface area contributed by atoms with Gasteiger partial charge in [-0.2, -0.15) is 0 Å². The molecule has 0 spiro atoms. The molecule has 1 aromatic heterocycles. The molecule has 0 aliphatic rings. The molecular formula is C16H11ClFNO. The van der Waals surface area contributed by atoms with Crippen molar-refractivity contribution in [3.05, 3.63) is 70.1 Å². The normalized spacial score (nSPS) is 10.9. The van der Waals surface area contributed by atoms with Crippen LogP contribution in [0.4, 0.5) is 4.39 Å². The van der Waals surface area contributed by atoms with Gasteiger partial charge in [0.05, 0.1) is 5.02 Å². The summed E-state index contributed by atoms with van der Waals surface area (Å²) >= 11 is 5.73. The second-order valence-electron chi connectivity index (χ2n) is 4.71. The Bertz CT molecular complexity index is 822. The van der Waals surface area contributed by atoms with Crippen molar-refractivity contribution in [1.82, 2.24) is 4.98 Å². The summed E-state index contributed by atoms with van der Waals surface area (Å²) in [6.45, 7) is 1.97. The van der Waals surface area contributed by atoms with Crippen LogP contribution in [0.5, 0.6) is 0 Å². The maximum atomic E-state index is 13.2. The summed E-state index contributed by atoms with van der Waals surface area (Å²) in [5.74, 6) is -0.707. The number of aryl methyl sites for hydroxylation is 1. The molecule has 2 aromatic carbocycles. The van der Waals surface area contributed by atoms with E-state index in [4.69, 9.17) is 11.6 Å². The second-order valence-corrected chi connectivity index (χ2v) is 5.12. The van der Waals surface area contributed by atoms with Crippen LogP contribution in [0.15, 0.2) is 42.6 Å². The molecule has 0 unspecified atom stereocenters. The predicted octanol–water partition coefficient (Wildman–Crippen LogP) is 4.50. The third kappa shape index (κ3) is 2.10. The zero-order valence-electron chi connectivity index (χ0n) is 10.7. The average molecular weight is 288 g/mol. The molecule has 3 rings (SSSR count). The number of halogens is 2. The van der Waals surface area contributed by atoms with Crippen LogP contribution in [0.3, 0.4) is 0 Å². The fraction of sp³-hybridized carbons (Fsp3) is 0.0625. The fourth-order valence-corrected chi connectivity index (χ4v) is 2.40. The number of benzene rings is 2. The molecule has 0 aliphatic carbocycles. The lowest BCUT2D eigenvalue weighted by atomic mass is 10.0. The van der Waals surface area contributed by atoms with Gasteiger partial charge in [0.15, 0.2) is 5.78 Å². The highest BCUT2D eigenvalue weighted by Crippen LogP contribution is 2.24. The average Bonchev–Trinajstić information content (AvgIpc) is 2.84. The van der Waals surface area contributed by atoms with Crippen molar-refractivity contribution in [3.63, 3.8) is 0 Å². The Morgan fingerprint density at radius 2 is 2.00 bits per heavy atom. The highest BCUT2D eigenvalue weighted by atomic mass is 35.5. The van der Waals surface area contributed by atoms with E-state index in [-0.39, 0.29) is 10.8 Å². The Balaban J connectivity index is 2.12. The van der Waals surface area contributed by atoms with Crippen LogP contribution in [-0.2, 0) is 0 Å². The molecule has 3 aromatic rings. The van der Waals surface area contributed by atoms with Crippen LogP contribution >= 0.6 is 11.6 Å². The van der Waals surface area contributed by atoms with E-state index in [0.29, 0.717) is 11.1 Å². The van der Waals surface area contributed by atoms with Crippen LogP contribution in [0.2, 0.25) is 5.02 Å². The molecule has 0 aliphatic heterocycles. The summed E-state index contributed by atoms with van der Waals surface area (Å²) in [5, 5.41) is 0.808. The molecule has 1 N–H and O–H groups in total. The minimum atomic E-state index is -0.530. The Hall–Kier alpha value is -2.13. The lowest BCUT2D eigenvalue weighted by molar-refractivity contribution is 0.104. The molecule has 20 heavy (non-hydrogen) atoms. The van der Waals surface area contributed by atoms with Crippen LogP contribution < -0.4 is 0 Å². The highest BCUT2D eigenvalue weighted by Gasteiger charge is 2.15. The molecule has 0 amide bonds. The number of aromatic nitrogens is 1. The Morgan fingerprint density at radius 3 is 2.75 bits per heavy atom. The van der Waals surface area contributed by atoms with Crippen LogP contribution in [0.1, 0.15) is 21.5 Å². The van der Waals surface area contributed by atoms with Crippen LogP contribution in [0.25, 0.3) is 10.9 Å². The topological polar surface area (TPSA) is 32.9 Å². The monoisotopic (exact) mass is 287 g/mol. The number of hydrogen-bond donors (Lipinski definition) is 1. The van der Waals surface area contributed by atoms with E-state index in [2.05, 4.69) is 4.98 Å². The van der Waals surface area contributed by atoms with Crippen molar-refractivity contribution in [2.75, 3.05) is 0 Å². The summed E-state index contributed by atoms with van der Waals surface area (Å²) in [5.41, 5.74) is 2.90. The number of ketones is 1. The molecule has 2 nitrogen and oxygen atoms in total. The zero-order valence-corrected chi connectivity index (χ0v) is 11.5. The third-order valence-electron chi connectivity index (χ3n) is 3.26. The minimum absolute atomic E-state index is 0.0492. The number of H-pyrrole nitrogens is 1. The summed E-state index contributed by atoms with van der Waals surface area (Å²) in [7, 11) is 0. The van der Waals surface area contributed by atoms with E-state index in [1.54, 1.807) is 6.20 Å². The first-order chi connectivity index (χ1) is 9.56. The standard InChI is InChI=1S/C16H11ClFNO/c1-9-2-5-15-11(6-9)12(8-19-15)16(20)10-3-4-14(18)13(17)7-10/h2-8,19H,1H3. The van der Waals surface area contributed by atoms with Crippen molar-refractivity contribution in [3.8, 4) is 0 Å². The predicted molar refractivity (Wildman–Crippen MR) is 77.9 cm³/mol. The van der Waals surface area contributed by atoms with Gasteiger partial charge in [0.2, 0.25) is 0 Å². The van der Waals surface area contributed by atoms with E-state index >= 15 is 0 Å². The van der Waals surface area contributed by atoms with Gasteiger partial charge in [0, 0.05) is 28.2 Å². The number of carbonyl (C=O) groups is 1. The quantitative estimate of drug-likeness (QED) is 0.692. The smallest absolute Gasteiger partial charge is 0.195 e. The second kappa shape index (κ2) is 4.76. The Kier molecular flexibility index (Phi) is 3.07. The number of fused-ring (bicyclic) bond motifs is 1. The molecule has 100 valence electrons. The van der Waals surface area contributed by atoms with Gasteiger partial charge in [-0.3, -0.25) is 4.79 Å². The lowest BCUT2D eigenvalue weighted by Gasteiger charge is -2.02. The van der Waals surface area contributed by atoms with E-state index in [9.17, 15) is 9.18 Å². The molecule has 4 heteroatoms. The number of nitrogens with one attached hydrogen (secondary N) is 1. The first-order valence-electron chi connectivity index (χ1n) is 6.14. The van der Waals surface area contributed by atoms with Crippen molar-refractivity contribution in [2.24, 2.45) is 0 Å². The zero-order chi connectivity index (χ0) is 14.3. The van der Waals surface area contributed by atoms with Gasteiger partial charge in [-0.05, 0) is 37.3 Å². The maximum absolute atomic E-state index is 13.2. The number of hydrogen-bond acceptors (Lipinski definition) is 1. The molecule has 0 radical (unpaired) electrons. The van der Waals surface area contributed by atoms with Crippen LogP contribution in [-0.4, -0.2) is 10.8 Å².